The fourth-order valence-electron chi connectivity index (χ4n) is 1.95. The third-order valence-corrected chi connectivity index (χ3v) is 3.92. The van der Waals surface area contributed by atoms with Crippen molar-refractivity contribution in [1.82, 2.24) is 14.8 Å². The molecule has 6 nitrogen and oxygen atoms in total. The van der Waals surface area contributed by atoms with E-state index in [1.165, 1.54) is 9.56 Å². The van der Waals surface area contributed by atoms with Crippen LogP contribution in [0.15, 0.2) is 12.4 Å². The van der Waals surface area contributed by atoms with Crippen molar-refractivity contribution in [3.05, 3.63) is 28.0 Å². The molecule has 1 unspecified atom stereocenters. The highest BCUT2D eigenvalue weighted by atomic mass is 32.1. The lowest BCUT2D eigenvalue weighted by Crippen LogP contribution is -2.18. The van der Waals surface area contributed by atoms with Crippen LogP contribution in [-0.4, -0.2) is 20.7 Å². The van der Waals surface area contributed by atoms with Crippen LogP contribution in [0, 0.1) is 13.8 Å². The quantitative estimate of drug-likeness (QED) is 0.870. The van der Waals surface area contributed by atoms with Gasteiger partial charge in [-0.2, -0.15) is 5.10 Å². The van der Waals surface area contributed by atoms with Gasteiger partial charge in [0.1, 0.15) is 6.54 Å². The highest BCUT2D eigenvalue weighted by Crippen LogP contribution is 2.27. The van der Waals surface area contributed by atoms with E-state index >= 15 is 0 Å². The Morgan fingerprint density at radius 1 is 1.58 bits per heavy atom. The number of aryl methyl sites for hydroxylation is 2. The number of primary amides is 1. The van der Waals surface area contributed by atoms with Crippen molar-refractivity contribution in [3.8, 4) is 0 Å². The summed E-state index contributed by atoms with van der Waals surface area (Å²) < 4.78 is 1.52. The monoisotopic (exact) mass is 279 g/mol. The molecular weight excluding hydrogens is 262 g/mol. The van der Waals surface area contributed by atoms with Crippen LogP contribution in [0.25, 0.3) is 0 Å². The lowest BCUT2D eigenvalue weighted by atomic mass is 10.2. The van der Waals surface area contributed by atoms with Crippen molar-refractivity contribution in [2.75, 3.05) is 5.32 Å². The molecule has 0 aliphatic rings. The maximum Gasteiger partial charge on any atom is 0.239 e. The SMILES string of the molecule is Cc1nc(C)c(C(C)Nc2cnn(CC(N)=O)c2)s1. The summed E-state index contributed by atoms with van der Waals surface area (Å²) in [5, 5.41) is 8.47. The largest absolute Gasteiger partial charge is 0.375 e. The minimum absolute atomic E-state index is 0.0920. The highest BCUT2D eigenvalue weighted by Gasteiger charge is 2.13. The minimum atomic E-state index is -0.406. The maximum absolute atomic E-state index is 10.8. The van der Waals surface area contributed by atoms with Crippen LogP contribution in [0.3, 0.4) is 0 Å². The van der Waals surface area contributed by atoms with Crippen LogP contribution >= 0.6 is 11.3 Å². The number of anilines is 1. The number of aromatic nitrogens is 3. The zero-order valence-electron chi connectivity index (χ0n) is 11.2. The minimum Gasteiger partial charge on any atom is -0.375 e. The Hall–Kier alpha value is -1.89. The van der Waals surface area contributed by atoms with E-state index in [0.717, 1.165) is 16.4 Å². The van der Waals surface area contributed by atoms with Gasteiger partial charge in [-0.05, 0) is 20.8 Å². The van der Waals surface area contributed by atoms with Crippen LogP contribution < -0.4 is 11.1 Å². The van der Waals surface area contributed by atoms with Gasteiger partial charge >= 0.3 is 0 Å². The van der Waals surface area contributed by atoms with E-state index in [2.05, 4.69) is 22.3 Å². The molecule has 2 aromatic heterocycles. The van der Waals surface area contributed by atoms with E-state index in [9.17, 15) is 4.79 Å². The smallest absolute Gasteiger partial charge is 0.239 e. The van der Waals surface area contributed by atoms with Crippen molar-refractivity contribution in [2.45, 2.75) is 33.4 Å². The molecule has 0 aromatic carbocycles. The van der Waals surface area contributed by atoms with Gasteiger partial charge in [0.2, 0.25) is 5.91 Å². The average molecular weight is 279 g/mol. The Labute approximate surface area is 115 Å². The van der Waals surface area contributed by atoms with Crippen molar-refractivity contribution in [2.24, 2.45) is 5.73 Å². The molecule has 0 spiro atoms. The number of carbonyl (C=O) groups excluding carboxylic acids is 1. The molecule has 0 bridgehead atoms. The first-order valence-corrected chi connectivity index (χ1v) is 6.78. The number of hydrogen-bond acceptors (Lipinski definition) is 5. The number of carbonyl (C=O) groups is 1. The highest BCUT2D eigenvalue weighted by molar-refractivity contribution is 7.11. The van der Waals surface area contributed by atoms with Gasteiger partial charge in [0, 0.05) is 11.1 Å². The molecule has 0 saturated heterocycles. The third-order valence-electron chi connectivity index (χ3n) is 2.67. The first-order chi connectivity index (χ1) is 8.95. The Balaban J connectivity index is 2.06. The van der Waals surface area contributed by atoms with Gasteiger partial charge in [-0.1, -0.05) is 0 Å². The second-order valence-corrected chi connectivity index (χ2v) is 5.68. The molecule has 2 aromatic rings. The lowest BCUT2D eigenvalue weighted by molar-refractivity contribution is -0.118. The molecule has 2 heterocycles. The van der Waals surface area contributed by atoms with Gasteiger partial charge < -0.3 is 11.1 Å². The number of rotatable bonds is 5. The van der Waals surface area contributed by atoms with Crippen molar-refractivity contribution in [1.29, 1.82) is 0 Å². The predicted molar refractivity (Wildman–Crippen MR) is 75.0 cm³/mol. The number of thiazole rings is 1. The molecule has 1 atom stereocenters. The average Bonchev–Trinajstić information content (AvgIpc) is 2.84. The van der Waals surface area contributed by atoms with Crippen molar-refractivity contribution in [3.63, 3.8) is 0 Å². The summed E-state index contributed by atoms with van der Waals surface area (Å²) in [5.41, 5.74) is 7.03. The molecule has 2 rings (SSSR count). The number of nitrogens with one attached hydrogen (secondary N) is 1. The maximum atomic E-state index is 10.8. The summed E-state index contributed by atoms with van der Waals surface area (Å²) in [5.74, 6) is -0.406. The summed E-state index contributed by atoms with van der Waals surface area (Å²) in [6.45, 7) is 6.17. The van der Waals surface area contributed by atoms with E-state index in [1.807, 2.05) is 13.8 Å². The van der Waals surface area contributed by atoms with E-state index in [1.54, 1.807) is 23.7 Å². The van der Waals surface area contributed by atoms with Crippen LogP contribution in [0.4, 0.5) is 5.69 Å². The molecular formula is C12H17N5OS. The van der Waals surface area contributed by atoms with E-state index < -0.39 is 5.91 Å². The second-order valence-electron chi connectivity index (χ2n) is 4.44. The first kappa shape index (κ1) is 13.5. The zero-order valence-corrected chi connectivity index (χ0v) is 12.0. The molecule has 1 amide bonds. The summed E-state index contributed by atoms with van der Waals surface area (Å²) in [7, 11) is 0. The number of nitrogens with two attached hydrogens (primary N) is 1. The summed E-state index contributed by atoms with van der Waals surface area (Å²) in [6, 6.07) is 0.150. The molecule has 0 aliphatic carbocycles. The number of nitrogens with zero attached hydrogens (tertiary/aromatic N) is 3. The van der Waals surface area contributed by atoms with Crippen molar-refractivity contribution < 1.29 is 4.79 Å². The van der Waals surface area contributed by atoms with Gasteiger partial charge in [0.15, 0.2) is 0 Å². The summed E-state index contributed by atoms with van der Waals surface area (Å²) in [4.78, 5) is 16.4. The summed E-state index contributed by atoms with van der Waals surface area (Å²) in [6.07, 6.45) is 3.45. The van der Waals surface area contributed by atoms with Crippen LogP contribution in [0.2, 0.25) is 0 Å². The van der Waals surface area contributed by atoms with Crippen LogP contribution in [0.5, 0.6) is 0 Å². The van der Waals surface area contributed by atoms with Gasteiger partial charge in [0.05, 0.1) is 28.6 Å². The fraction of sp³-hybridized carbons (Fsp3) is 0.417. The Kier molecular flexibility index (Phi) is 3.84. The molecule has 3 N–H and O–H groups in total. The Morgan fingerprint density at radius 2 is 2.32 bits per heavy atom. The molecule has 7 heteroatoms. The fourth-order valence-corrected chi connectivity index (χ4v) is 2.88. The number of hydrogen-bond donors (Lipinski definition) is 2. The van der Waals surface area contributed by atoms with E-state index in [4.69, 9.17) is 5.73 Å². The van der Waals surface area contributed by atoms with Gasteiger partial charge in [0.25, 0.3) is 0 Å². The van der Waals surface area contributed by atoms with Crippen LogP contribution in [0.1, 0.15) is 28.5 Å². The second kappa shape index (κ2) is 5.40. The van der Waals surface area contributed by atoms with Crippen molar-refractivity contribution >= 4 is 22.9 Å². The Morgan fingerprint density at radius 3 is 2.89 bits per heavy atom. The Bertz CT molecular complexity index is 589. The standard InChI is InChI=1S/C12H17N5OS/c1-7-12(19-9(3)15-7)8(2)16-10-4-14-17(5-10)6-11(13)18/h4-5,8,16H,6H2,1-3H3,(H2,13,18). The predicted octanol–water partition coefficient (Wildman–Crippen LogP) is 1.61. The zero-order chi connectivity index (χ0) is 14.0. The van der Waals surface area contributed by atoms with Gasteiger partial charge in [-0.25, -0.2) is 4.98 Å². The van der Waals surface area contributed by atoms with E-state index in [0.29, 0.717) is 0 Å². The molecule has 102 valence electrons. The summed E-state index contributed by atoms with van der Waals surface area (Å²) >= 11 is 1.68. The number of amides is 1. The first-order valence-electron chi connectivity index (χ1n) is 5.97. The molecule has 0 aliphatic heterocycles. The van der Waals surface area contributed by atoms with Crippen LogP contribution in [-0.2, 0) is 11.3 Å². The topological polar surface area (TPSA) is 85.8 Å². The molecule has 0 saturated carbocycles. The normalized spacial score (nSPS) is 12.4. The van der Waals surface area contributed by atoms with Gasteiger partial charge in [-0.15, -0.1) is 11.3 Å². The molecule has 19 heavy (non-hydrogen) atoms. The van der Waals surface area contributed by atoms with Gasteiger partial charge in [-0.3, -0.25) is 9.48 Å². The van der Waals surface area contributed by atoms with E-state index in [-0.39, 0.29) is 12.6 Å². The lowest BCUT2D eigenvalue weighted by Gasteiger charge is -2.12. The molecule has 0 fully saturated rings. The molecule has 0 radical (unpaired) electrons. The third kappa shape index (κ3) is 3.31.